The molecule has 3 aromatic carbocycles. The van der Waals surface area contributed by atoms with E-state index in [0.29, 0.717) is 6.61 Å². The van der Waals surface area contributed by atoms with Gasteiger partial charge in [-0.1, -0.05) is 76.6 Å². The zero-order valence-electron chi connectivity index (χ0n) is 14.1. The Hall–Kier alpha value is -2.10. The fourth-order valence-electron chi connectivity index (χ4n) is 2.80. The first kappa shape index (κ1) is 17.7. The van der Waals surface area contributed by atoms with Crippen molar-refractivity contribution >= 4 is 15.9 Å². The molecule has 0 heterocycles. The van der Waals surface area contributed by atoms with E-state index in [1.165, 1.54) is 5.56 Å². The van der Waals surface area contributed by atoms with Gasteiger partial charge in [0.05, 0.1) is 0 Å². The first-order valence-electron chi connectivity index (χ1n) is 8.48. The van der Waals surface area contributed by atoms with Crippen LogP contribution in [0.5, 0.6) is 5.75 Å². The molecule has 0 aliphatic heterocycles. The van der Waals surface area contributed by atoms with E-state index in [1.54, 1.807) is 0 Å². The van der Waals surface area contributed by atoms with E-state index in [0.717, 1.165) is 34.2 Å². The molecule has 0 saturated heterocycles. The van der Waals surface area contributed by atoms with E-state index in [-0.39, 0.29) is 6.04 Å². The molecule has 3 heteroatoms. The molecule has 0 aliphatic rings. The molecule has 2 N–H and O–H groups in total. The Labute approximate surface area is 157 Å². The van der Waals surface area contributed by atoms with Crippen LogP contribution in [-0.2, 0) is 13.0 Å². The lowest BCUT2D eigenvalue weighted by Gasteiger charge is -2.18. The Kier molecular flexibility index (Phi) is 6.26. The van der Waals surface area contributed by atoms with Gasteiger partial charge in [0, 0.05) is 16.1 Å². The molecule has 1 atom stereocenters. The molecule has 0 radical (unpaired) electrons. The topological polar surface area (TPSA) is 35.2 Å². The summed E-state index contributed by atoms with van der Waals surface area (Å²) in [7, 11) is 0. The third kappa shape index (κ3) is 5.18. The van der Waals surface area contributed by atoms with Crippen LogP contribution >= 0.6 is 15.9 Å². The van der Waals surface area contributed by atoms with Crippen LogP contribution < -0.4 is 10.5 Å². The second-order valence-electron chi connectivity index (χ2n) is 6.09. The van der Waals surface area contributed by atoms with Gasteiger partial charge < -0.3 is 10.5 Å². The Balaban J connectivity index is 1.69. The van der Waals surface area contributed by atoms with Gasteiger partial charge in [-0.3, -0.25) is 0 Å². The predicted molar refractivity (Wildman–Crippen MR) is 107 cm³/mol. The summed E-state index contributed by atoms with van der Waals surface area (Å²) in [6, 6.07) is 26.6. The van der Waals surface area contributed by atoms with Gasteiger partial charge >= 0.3 is 0 Å². The van der Waals surface area contributed by atoms with Gasteiger partial charge in [0.1, 0.15) is 12.4 Å². The van der Waals surface area contributed by atoms with Crippen LogP contribution in [0, 0.1) is 0 Å². The minimum atomic E-state index is -0.0662. The summed E-state index contributed by atoms with van der Waals surface area (Å²) < 4.78 is 7.07. The smallest absolute Gasteiger partial charge is 0.124 e. The summed E-state index contributed by atoms with van der Waals surface area (Å²) in [5, 5.41) is 0. The molecule has 0 bridgehead atoms. The normalized spacial score (nSPS) is 11.9. The second kappa shape index (κ2) is 8.84. The van der Waals surface area contributed by atoms with Crippen molar-refractivity contribution < 1.29 is 4.74 Å². The molecule has 3 rings (SSSR count). The molecule has 0 amide bonds. The molecule has 0 fully saturated rings. The van der Waals surface area contributed by atoms with Crippen LogP contribution in [0.25, 0.3) is 0 Å². The summed E-state index contributed by atoms with van der Waals surface area (Å²) in [6.45, 7) is 0.543. The van der Waals surface area contributed by atoms with Crippen LogP contribution in [0.15, 0.2) is 83.3 Å². The fourth-order valence-corrected chi connectivity index (χ4v) is 3.18. The molecule has 0 spiro atoms. The number of halogens is 1. The number of hydrogen-bond acceptors (Lipinski definition) is 2. The number of benzene rings is 3. The Morgan fingerprint density at radius 2 is 1.48 bits per heavy atom. The zero-order valence-corrected chi connectivity index (χ0v) is 15.7. The lowest BCUT2D eigenvalue weighted by molar-refractivity contribution is 0.300. The SMILES string of the molecule is NC(CCc1ccccc1)c1cc(Br)ccc1OCc1ccccc1. The van der Waals surface area contributed by atoms with Gasteiger partial charge in [0.15, 0.2) is 0 Å². The van der Waals surface area contributed by atoms with E-state index >= 15 is 0 Å². The molecule has 1 unspecified atom stereocenters. The summed E-state index contributed by atoms with van der Waals surface area (Å²) in [6.07, 6.45) is 1.83. The Morgan fingerprint density at radius 1 is 0.840 bits per heavy atom. The van der Waals surface area contributed by atoms with Gasteiger partial charge in [0.25, 0.3) is 0 Å². The molecule has 0 aliphatic carbocycles. The maximum atomic E-state index is 6.48. The average molecular weight is 396 g/mol. The van der Waals surface area contributed by atoms with Gasteiger partial charge in [-0.25, -0.2) is 0 Å². The van der Waals surface area contributed by atoms with E-state index in [1.807, 2.05) is 36.4 Å². The van der Waals surface area contributed by atoms with Crippen molar-refractivity contribution in [2.75, 3.05) is 0 Å². The van der Waals surface area contributed by atoms with Crippen LogP contribution in [0.2, 0.25) is 0 Å². The van der Waals surface area contributed by atoms with E-state index in [9.17, 15) is 0 Å². The number of rotatable bonds is 7. The van der Waals surface area contributed by atoms with Crippen molar-refractivity contribution in [3.8, 4) is 5.75 Å². The number of ether oxygens (including phenoxy) is 1. The molecular weight excluding hydrogens is 374 g/mol. The summed E-state index contributed by atoms with van der Waals surface area (Å²) in [4.78, 5) is 0. The summed E-state index contributed by atoms with van der Waals surface area (Å²) >= 11 is 3.55. The summed E-state index contributed by atoms with van der Waals surface area (Å²) in [5.41, 5.74) is 9.98. The van der Waals surface area contributed by atoms with Crippen molar-refractivity contribution in [3.63, 3.8) is 0 Å². The number of aryl methyl sites for hydroxylation is 1. The highest BCUT2D eigenvalue weighted by Gasteiger charge is 2.13. The third-order valence-electron chi connectivity index (χ3n) is 4.20. The quantitative estimate of drug-likeness (QED) is 0.559. The van der Waals surface area contributed by atoms with Crippen LogP contribution in [0.3, 0.4) is 0 Å². The summed E-state index contributed by atoms with van der Waals surface area (Å²) in [5.74, 6) is 0.854. The van der Waals surface area contributed by atoms with Crippen molar-refractivity contribution in [2.45, 2.75) is 25.5 Å². The van der Waals surface area contributed by atoms with Gasteiger partial charge in [-0.15, -0.1) is 0 Å². The highest BCUT2D eigenvalue weighted by atomic mass is 79.9. The number of nitrogens with two attached hydrogens (primary N) is 1. The Morgan fingerprint density at radius 3 is 2.16 bits per heavy atom. The molecule has 25 heavy (non-hydrogen) atoms. The molecule has 0 saturated carbocycles. The Bertz CT molecular complexity index is 790. The standard InChI is InChI=1S/C22H22BrNO/c23-19-12-14-22(25-16-18-9-5-2-6-10-18)20(15-19)21(24)13-11-17-7-3-1-4-8-17/h1-10,12,14-15,21H,11,13,16,24H2. The lowest BCUT2D eigenvalue weighted by atomic mass is 9.99. The minimum absolute atomic E-state index is 0.0662. The van der Waals surface area contributed by atoms with Crippen LogP contribution in [0.1, 0.15) is 29.2 Å². The minimum Gasteiger partial charge on any atom is -0.489 e. The monoisotopic (exact) mass is 395 g/mol. The largest absolute Gasteiger partial charge is 0.489 e. The zero-order chi connectivity index (χ0) is 17.5. The van der Waals surface area contributed by atoms with Crippen molar-refractivity contribution in [2.24, 2.45) is 5.73 Å². The maximum Gasteiger partial charge on any atom is 0.124 e. The van der Waals surface area contributed by atoms with Crippen molar-refractivity contribution in [1.82, 2.24) is 0 Å². The van der Waals surface area contributed by atoms with E-state index < -0.39 is 0 Å². The van der Waals surface area contributed by atoms with Gasteiger partial charge in [-0.2, -0.15) is 0 Å². The average Bonchev–Trinajstić information content (AvgIpc) is 2.66. The van der Waals surface area contributed by atoms with Gasteiger partial charge in [-0.05, 0) is 42.2 Å². The molecule has 128 valence electrons. The maximum absolute atomic E-state index is 6.48. The molecular formula is C22H22BrNO. The first-order valence-corrected chi connectivity index (χ1v) is 9.27. The number of hydrogen-bond donors (Lipinski definition) is 1. The van der Waals surface area contributed by atoms with Crippen molar-refractivity contribution in [1.29, 1.82) is 0 Å². The second-order valence-corrected chi connectivity index (χ2v) is 7.00. The molecule has 0 aromatic heterocycles. The van der Waals surface area contributed by atoms with Crippen LogP contribution in [0.4, 0.5) is 0 Å². The first-order chi connectivity index (χ1) is 12.2. The lowest BCUT2D eigenvalue weighted by Crippen LogP contribution is -2.13. The highest BCUT2D eigenvalue weighted by molar-refractivity contribution is 9.10. The predicted octanol–water partition coefficient (Wildman–Crippen LogP) is 5.66. The molecule has 2 nitrogen and oxygen atoms in total. The van der Waals surface area contributed by atoms with E-state index in [4.69, 9.17) is 10.5 Å². The van der Waals surface area contributed by atoms with E-state index in [2.05, 4.69) is 58.4 Å². The van der Waals surface area contributed by atoms with Crippen molar-refractivity contribution in [3.05, 3.63) is 100 Å². The van der Waals surface area contributed by atoms with Crippen LogP contribution in [-0.4, -0.2) is 0 Å². The third-order valence-corrected chi connectivity index (χ3v) is 4.69. The van der Waals surface area contributed by atoms with Gasteiger partial charge in [0.2, 0.25) is 0 Å². The molecule has 3 aromatic rings. The fraction of sp³-hybridized carbons (Fsp3) is 0.182. The highest BCUT2D eigenvalue weighted by Crippen LogP contribution is 2.30.